The van der Waals surface area contributed by atoms with Crippen LogP contribution in [0.15, 0.2) is 29.8 Å². The summed E-state index contributed by atoms with van der Waals surface area (Å²) in [6, 6.07) is 0. The molecule has 0 radical (unpaired) electrons. The van der Waals surface area contributed by atoms with Crippen molar-refractivity contribution in [3.05, 3.63) is 30.4 Å². The number of nitrogens with zero attached hydrogens (tertiary/aromatic N) is 4. The summed E-state index contributed by atoms with van der Waals surface area (Å²) < 4.78 is 30.7. The van der Waals surface area contributed by atoms with Gasteiger partial charge in [-0.05, 0) is 6.92 Å². The Hall–Kier alpha value is -2.49. The van der Waals surface area contributed by atoms with Crippen LogP contribution in [0.5, 0.6) is 0 Å². The molecule has 0 unspecified atom stereocenters. The van der Waals surface area contributed by atoms with E-state index < -0.39 is 16.0 Å². The van der Waals surface area contributed by atoms with E-state index in [-0.39, 0.29) is 23.0 Å². The van der Waals surface area contributed by atoms with Crippen molar-refractivity contribution < 1.29 is 17.9 Å². The van der Waals surface area contributed by atoms with Gasteiger partial charge in [0.2, 0.25) is 0 Å². The molecule has 2 aromatic rings. The first-order valence-corrected chi connectivity index (χ1v) is 7.38. The van der Waals surface area contributed by atoms with Gasteiger partial charge in [-0.15, -0.1) is 0 Å². The molecule has 2 heterocycles. The van der Waals surface area contributed by atoms with Crippen LogP contribution in [0.3, 0.4) is 0 Å². The third-order valence-corrected chi connectivity index (χ3v) is 4.33. The van der Waals surface area contributed by atoms with Crippen LogP contribution in [0, 0.1) is 0 Å². The van der Waals surface area contributed by atoms with Crippen molar-refractivity contribution in [1.82, 2.24) is 20.2 Å². The molecule has 10 heteroatoms. The van der Waals surface area contributed by atoms with E-state index in [1.165, 1.54) is 25.6 Å². The van der Waals surface area contributed by atoms with Crippen LogP contribution in [-0.4, -0.2) is 48.2 Å². The Morgan fingerprint density at radius 2 is 2.14 bits per heavy atom. The molecule has 0 bridgehead atoms. The summed E-state index contributed by atoms with van der Waals surface area (Å²) in [4.78, 5) is 19.4. The number of rotatable bonds is 5. The highest BCUT2D eigenvalue weighted by molar-refractivity contribution is 7.92. The Morgan fingerprint density at radius 1 is 1.38 bits per heavy atom. The molecule has 0 saturated carbocycles. The third-order valence-electron chi connectivity index (χ3n) is 2.59. The first kappa shape index (κ1) is 14.9. The molecule has 0 spiro atoms. The monoisotopic (exact) mass is 311 g/mol. The number of aromatic nitrogens is 4. The summed E-state index contributed by atoms with van der Waals surface area (Å²) >= 11 is 0. The second-order valence-corrected chi connectivity index (χ2v) is 5.78. The standard InChI is InChI=1S/C11H13N5O4S/c1-3-20-11(17)8-6-14-15-10(8)21(18,19)16(2)9-7-12-4-5-13-9/h4-7H,3H2,1-2H3,(H,14,15). The number of carbonyl (C=O) groups is 1. The highest BCUT2D eigenvalue weighted by Crippen LogP contribution is 2.21. The Balaban J connectivity index is 2.41. The van der Waals surface area contributed by atoms with Gasteiger partial charge in [-0.3, -0.25) is 14.4 Å². The third kappa shape index (κ3) is 2.84. The highest BCUT2D eigenvalue weighted by Gasteiger charge is 2.30. The van der Waals surface area contributed by atoms with Gasteiger partial charge < -0.3 is 4.74 Å². The molecule has 0 aliphatic rings. The molecule has 0 amide bonds. The second kappa shape index (κ2) is 5.87. The van der Waals surface area contributed by atoms with Gasteiger partial charge in [0, 0.05) is 19.4 Å². The number of nitrogens with one attached hydrogen (secondary N) is 1. The molecule has 9 nitrogen and oxygen atoms in total. The molecule has 0 saturated heterocycles. The van der Waals surface area contributed by atoms with E-state index in [9.17, 15) is 13.2 Å². The zero-order valence-electron chi connectivity index (χ0n) is 11.3. The Labute approximate surface area is 121 Å². The highest BCUT2D eigenvalue weighted by atomic mass is 32.2. The quantitative estimate of drug-likeness (QED) is 0.783. The number of ether oxygens (including phenoxy) is 1. The number of anilines is 1. The van der Waals surface area contributed by atoms with Gasteiger partial charge in [0.25, 0.3) is 10.0 Å². The van der Waals surface area contributed by atoms with E-state index in [1.807, 2.05) is 0 Å². The topological polar surface area (TPSA) is 118 Å². The van der Waals surface area contributed by atoms with Crippen LogP contribution in [0.2, 0.25) is 0 Å². The molecule has 0 aliphatic heterocycles. The van der Waals surface area contributed by atoms with Crippen molar-refractivity contribution in [2.75, 3.05) is 18.0 Å². The zero-order valence-corrected chi connectivity index (χ0v) is 12.2. The molecular weight excluding hydrogens is 298 g/mol. The Kier molecular flexibility index (Phi) is 4.17. The molecule has 0 atom stereocenters. The summed E-state index contributed by atoms with van der Waals surface area (Å²) in [5.74, 6) is -0.653. The van der Waals surface area contributed by atoms with Gasteiger partial charge in [0.15, 0.2) is 10.8 Å². The maximum absolute atomic E-state index is 12.5. The van der Waals surface area contributed by atoms with Crippen LogP contribution in [0.25, 0.3) is 0 Å². The predicted octanol–water partition coefficient (Wildman–Crippen LogP) is 0.201. The van der Waals surface area contributed by atoms with Crippen LogP contribution in [0.4, 0.5) is 5.82 Å². The van der Waals surface area contributed by atoms with Crippen molar-refractivity contribution in [2.24, 2.45) is 0 Å². The van der Waals surface area contributed by atoms with Crippen molar-refractivity contribution in [3.8, 4) is 0 Å². The number of sulfonamides is 1. The van der Waals surface area contributed by atoms with Gasteiger partial charge in [-0.2, -0.15) is 13.5 Å². The van der Waals surface area contributed by atoms with Crippen LogP contribution in [-0.2, 0) is 14.8 Å². The van der Waals surface area contributed by atoms with E-state index in [0.29, 0.717) is 0 Å². The van der Waals surface area contributed by atoms with E-state index in [0.717, 1.165) is 10.5 Å². The molecule has 112 valence electrons. The molecular formula is C11H13N5O4S. The molecule has 0 fully saturated rings. The molecule has 2 rings (SSSR count). The molecule has 0 aliphatic carbocycles. The minimum absolute atomic E-state index is 0.113. The number of carbonyl (C=O) groups excluding carboxylic acids is 1. The molecule has 2 aromatic heterocycles. The number of H-pyrrole nitrogens is 1. The lowest BCUT2D eigenvalue weighted by Crippen LogP contribution is -2.29. The second-order valence-electron chi connectivity index (χ2n) is 3.87. The molecule has 1 N–H and O–H groups in total. The molecule has 0 aromatic carbocycles. The average Bonchev–Trinajstić information content (AvgIpc) is 2.98. The van der Waals surface area contributed by atoms with Gasteiger partial charge in [0.1, 0.15) is 5.56 Å². The maximum atomic E-state index is 12.5. The lowest BCUT2D eigenvalue weighted by atomic mass is 10.4. The van der Waals surface area contributed by atoms with E-state index in [1.54, 1.807) is 6.92 Å². The van der Waals surface area contributed by atoms with E-state index in [4.69, 9.17) is 4.74 Å². The average molecular weight is 311 g/mol. The number of esters is 1. The lowest BCUT2D eigenvalue weighted by Gasteiger charge is -2.17. The fourth-order valence-electron chi connectivity index (χ4n) is 1.54. The van der Waals surface area contributed by atoms with Gasteiger partial charge in [-0.1, -0.05) is 0 Å². The number of aromatic amines is 1. The fraction of sp³-hybridized carbons (Fsp3) is 0.273. The summed E-state index contributed by atoms with van der Waals surface area (Å²) in [5.41, 5.74) is -0.160. The normalized spacial score (nSPS) is 11.1. The van der Waals surface area contributed by atoms with Gasteiger partial charge in [-0.25, -0.2) is 9.78 Å². The van der Waals surface area contributed by atoms with Crippen molar-refractivity contribution >= 4 is 21.8 Å². The van der Waals surface area contributed by atoms with Crippen molar-refractivity contribution in [2.45, 2.75) is 11.9 Å². The minimum atomic E-state index is -4.03. The largest absolute Gasteiger partial charge is 0.462 e. The number of hydrogen-bond donors (Lipinski definition) is 1. The predicted molar refractivity (Wildman–Crippen MR) is 72.2 cm³/mol. The SMILES string of the molecule is CCOC(=O)c1cn[nH]c1S(=O)(=O)N(C)c1cnccn1. The van der Waals surface area contributed by atoms with E-state index >= 15 is 0 Å². The Bertz CT molecular complexity index is 728. The van der Waals surface area contributed by atoms with Gasteiger partial charge >= 0.3 is 5.97 Å². The first-order valence-electron chi connectivity index (χ1n) is 5.94. The van der Waals surface area contributed by atoms with Crippen molar-refractivity contribution in [1.29, 1.82) is 0 Å². The minimum Gasteiger partial charge on any atom is -0.462 e. The van der Waals surface area contributed by atoms with Crippen LogP contribution >= 0.6 is 0 Å². The zero-order chi connectivity index (χ0) is 15.5. The van der Waals surface area contributed by atoms with Crippen LogP contribution < -0.4 is 4.31 Å². The number of hydrogen-bond acceptors (Lipinski definition) is 7. The summed E-state index contributed by atoms with van der Waals surface area (Å²) in [6.45, 7) is 1.75. The summed E-state index contributed by atoms with van der Waals surface area (Å²) in [7, 11) is -2.73. The van der Waals surface area contributed by atoms with Crippen LogP contribution in [0.1, 0.15) is 17.3 Å². The Morgan fingerprint density at radius 3 is 2.76 bits per heavy atom. The first-order chi connectivity index (χ1) is 9.98. The summed E-state index contributed by atoms with van der Waals surface area (Å²) in [6.07, 6.45) is 5.18. The fourth-order valence-corrected chi connectivity index (χ4v) is 2.74. The lowest BCUT2D eigenvalue weighted by molar-refractivity contribution is 0.0522. The van der Waals surface area contributed by atoms with E-state index in [2.05, 4.69) is 20.2 Å². The van der Waals surface area contributed by atoms with Crippen molar-refractivity contribution in [3.63, 3.8) is 0 Å². The summed E-state index contributed by atoms with van der Waals surface area (Å²) in [5, 5.41) is 5.55. The smallest absolute Gasteiger partial charge is 0.342 e. The molecule has 21 heavy (non-hydrogen) atoms. The maximum Gasteiger partial charge on any atom is 0.342 e. The van der Waals surface area contributed by atoms with Gasteiger partial charge in [0.05, 0.1) is 19.0 Å².